The van der Waals surface area contributed by atoms with Crippen molar-refractivity contribution in [2.75, 3.05) is 0 Å². The molecule has 0 radical (unpaired) electrons. The van der Waals surface area contributed by atoms with Crippen LogP contribution in [0.1, 0.15) is 12.8 Å². The summed E-state index contributed by atoms with van der Waals surface area (Å²) in [6, 6.07) is 15.0. The first-order valence-corrected chi connectivity index (χ1v) is 8.65. The summed E-state index contributed by atoms with van der Waals surface area (Å²) in [4.78, 5) is 0. The molecule has 4 heteroatoms. The Balaban J connectivity index is 2.37. The van der Waals surface area contributed by atoms with Crippen LogP contribution in [0.15, 0.2) is 83.0 Å². The lowest BCUT2D eigenvalue weighted by Crippen LogP contribution is -2.15. The molecule has 0 bridgehead atoms. The topological polar surface area (TPSA) is 95.2 Å². The summed E-state index contributed by atoms with van der Waals surface area (Å²) in [6.45, 7) is 0. The van der Waals surface area contributed by atoms with Gasteiger partial charge in [-0.3, -0.25) is 0 Å². The highest BCUT2D eigenvalue weighted by atomic mass is 14.3. The number of nitriles is 4. The second-order valence-electron chi connectivity index (χ2n) is 6.17. The van der Waals surface area contributed by atoms with Gasteiger partial charge in [-0.2, -0.15) is 21.0 Å². The summed E-state index contributed by atoms with van der Waals surface area (Å²) in [5.41, 5.74) is 3.53. The highest BCUT2D eigenvalue weighted by Crippen LogP contribution is 2.35. The molecule has 3 rings (SSSR count). The van der Waals surface area contributed by atoms with Crippen molar-refractivity contribution in [1.82, 2.24) is 0 Å². The molecule has 0 aromatic heterocycles. The van der Waals surface area contributed by atoms with E-state index in [9.17, 15) is 10.5 Å². The Kier molecular flexibility index (Phi) is 5.48. The highest BCUT2D eigenvalue weighted by Gasteiger charge is 2.21. The van der Waals surface area contributed by atoms with Crippen molar-refractivity contribution in [2.24, 2.45) is 0 Å². The molecule has 1 aromatic carbocycles. The second kappa shape index (κ2) is 8.33. The van der Waals surface area contributed by atoms with Gasteiger partial charge in [0, 0.05) is 10.8 Å². The number of rotatable bonds is 3. The third-order valence-electron chi connectivity index (χ3n) is 4.59. The summed E-state index contributed by atoms with van der Waals surface area (Å²) in [5, 5.41) is 38.7. The van der Waals surface area contributed by atoms with Gasteiger partial charge in [-0.05, 0) is 34.8 Å². The molecule has 28 heavy (non-hydrogen) atoms. The minimum Gasteiger partial charge on any atom is -0.192 e. The molecule has 0 N–H and O–H groups in total. The third kappa shape index (κ3) is 3.45. The monoisotopic (exact) mass is 358 g/mol. The lowest BCUT2D eigenvalue weighted by atomic mass is 9.86. The van der Waals surface area contributed by atoms with Gasteiger partial charge in [-0.1, -0.05) is 60.7 Å². The van der Waals surface area contributed by atoms with Crippen LogP contribution in [-0.2, 0) is 0 Å². The molecule has 0 amide bonds. The van der Waals surface area contributed by atoms with Crippen molar-refractivity contribution in [1.29, 1.82) is 21.0 Å². The van der Waals surface area contributed by atoms with Crippen LogP contribution in [0.3, 0.4) is 0 Å². The minimum atomic E-state index is 0.0445. The van der Waals surface area contributed by atoms with E-state index in [2.05, 4.69) is 0 Å². The molecule has 0 aliphatic heterocycles. The van der Waals surface area contributed by atoms with E-state index in [1.54, 1.807) is 12.1 Å². The number of allylic oxidation sites excluding steroid dienone is 10. The molecular weight excluding hydrogens is 344 g/mol. The zero-order valence-corrected chi connectivity index (χ0v) is 15.0. The van der Waals surface area contributed by atoms with E-state index in [4.69, 9.17) is 10.5 Å². The average Bonchev–Trinajstić information content (AvgIpc) is 3.44. The first kappa shape index (κ1) is 18.4. The fourth-order valence-electron chi connectivity index (χ4n) is 3.30. The number of hydrogen-bond acceptors (Lipinski definition) is 4. The van der Waals surface area contributed by atoms with Crippen molar-refractivity contribution in [3.63, 3.8) is 0 Å². The molecule has 2 aliphatic rings. The Labute approximate surface area is 163 Å². The summed E-state index contributed by atoms with van der Waals surface area (Å²) in [5.74, 6) is 0. The van der Waals surface area contributed by atoms with Crippen LogP contribution in [0.5, 0.6) is 0 Å². The molecule has 0 fully saturated rings. The third-order valence-corrected chi connectivity index (χ3v) is 4.59. The van der Waals surface area contributed by atoms with Crippen molar-refractivity contribution in [3.05, 3.63) is 93.5 Å². The Morgan fingerprint density at radius 1 is 0.679 bits per heavy atom. The largest absolute Gasteiger partial charge is 0.192 e. The highest BCUT2D eigenvalue weighted by molar-refractivity contribution is 5.87. The van der Waals surface area contributed by atoms with Gasteiger partial charge in [0.25, 0.3) is 0 Å². The van der Waals surface area contributed by atoms with Crippen LogP contribution in [0.25, 0.3) is 11.1 Å². The van der Waals surface area contributed by atoms with E-state index in [0.29, 0.717) is 23.6 Å². The van der Waals surface area contributed by atoms with Gasteiger partial charge in [0.15, 0.2) is 0 Å². The number of nitrogens with zero attached hydrogens (tertiary/aromatic N) is 4. The van der Waals surface area contributed by atoms with Crippen LogP contribution < -0.4 is 10.4 Å². The predicted molar refractivity (Wildman–Crippen MR) is 106 cm³/mol. The van der Waals surface area contributed by atoms with Gasteiger partial charge >= 0.3 is 0 Å². The summed E-state index contributed by atoms with van der Waals surface area (Å²) < 4.78 is 0. The number of benzene rings is 1. The molecule has 4 nitrogen and oxygen atoms in total. The van der Waals surface area contributed by atoms with Gasteiger partial charge in [0.1, 0.15) is 35.4 Å². The molecule has 1 aromatic rings. The Morgan fingerprint density at radius 3 is 1.68 bits per heavy atom. The zero-order chi connectivity index (χ0) is 19.9. The van der Waals surface area contributed by atoms with Crippen molar-refractivity contribution < 1.29 is 0 Å². The standard InChI is InChI=1S/C24H14N4/c25-13-21(14-26)17-9-11-20(12-10-17)23(18-5-1-2-6-18)24(22(15-27)16-28)19-7-3-4-8-19/h1-5,7,9-12H,6,8H2. The van der Waals surface area contributed by atoms with Crippen LogP contribution in [0.4, 0.5) is 0 Å². The van der Waals surface area contributed by atoms with E-state index in [-0.39, 0.29) is 11.1 Å². The molecule has 2 aliphatic carbocycles. The van der Waals surface area contributed by atoms with E-state index in [0.717, 1.165) is 21.9 Å². The van der Waals surface area contributed by atoms with Gasteiger partial charge in [0.05, 0.1) is 0 Å². The van der Waals surface area contributed by atoms with Crippen LogP contribution >= 0.6 is 0 Å². The van der Waals surface area contributed by atoms with Gasteiger partial charge in [0.2, 0.25) is 0 Å². The smallest absolute Gasteiger partial charge is 0.137 e. The lowest BCUT2D eigenvalue weighted by molar-refractivity contribution is 1.24. The normalized spacial score (nSPS) is 13.4. The van der Waals surface area contributed by atoms with Crippen LogP contribution in [0.2, 0.25) is 0 Å². The molecule has 0 unspecified atom stereocenters. The molecular formula is C24H14N4. The maximum absolute atomic E-state index is 9.57. The molecule has 0 heterocycles. The number of hydrogen-bond donors (Lipinski definition) is 0. The SMILES string of the molecule is N#CC(C#N)=C(C1=CC=CC1)C(C1=CC=CC1)=c1ccc(=C(C#N)C#N)cc1. The maximum Gasteiger partial charge on any atom is 0.137 e. The first-order valence-electron chi connectivity index (χ1n) is 8.65. The van der Waals surface area contributed by atoms with E-state index < -0.39 is 0 Å². The van der Waals surface area contributed by atoms with Gasteiger partial charge < -0.3 is 0 Å². The predicted octanol–water partition coefficient (Wildman–Crippen LogP) is 3.15. The summed E-state index contributed by atoms with van der Waals surface area (Å²) in [6.07, 6.45) is 13.2. The minimum absolute atomic E-state index is 0.0445. The summed E-state index contributed by atoms with van der Waals surface area (Å²) >= 11 is 0. The van der Waals surface area contributed by atoms with E-state index >= 15 is 0 Å². The summed E-state index contributed by atoms with van der Waals surface area (Å²) in [7, 11) is 0. The second-order valence-corrected chi connectivity index (χ2v) is 6.17. The maximum atomic E-state index is 9.57. The van der Waals surface area contributed by atoms with Crippen molar-refractivity contribution in [3.8, 4) is 24.3 Å². The van der Waals surface area contributed by atoms with Crippen molar-refractivity contribution >= 4 is 11.1 Å². The first-order chi connectivity index (χ1) is 13.7. The van der Waals surface area contributed by atoms with E-state index in [1.165, 1.54) is 0 Å². The van der Waals surface area contributed by atoms with Crippen LogP contribution in [-0.4, -0.2) is 0 Å². The molecule has 0 saturated heterocycles. The van der Waals surface area contributed by atoms with Crippen LogP contribution in [0, 0.1) is 45.3 Å². The molecule has 0 spiro atoms. The lowest BCUT2D eigenvalue weighted by Gasteiger charge is -2.16. The quantitative estimate of drug-likeness (QED) is 0.776. The van der Waals surface area contributed by atoms with Crippen molar-refractivity contribution in [2.45, 2.75) is 12.8 Å². The molecule has 0 atom stereocenters. The van der Waals surface area contributed by atoms with Gasteiger partial charge in [-0.15, -0.1) is 0 Å². The Morgan fingerprint density at radius 2 is 1.21 bits per heavy atom. The Hall–Kier alpha value is -4.38. The average molecular weight is 358 g/mol. The molecule has 0 saturated carbocycles. The fourth-order valence-corrected chi connectivity index (χ4v) is 3.30. The fraction of sp³-hybridized carbons (Fsp3) is 0.0833. The zero-order valence-electron chi connectivity index (χ0n) is 15.0. The van der Waals surface area contributed by atoms with E-state index in [1.807, 2.05) is 72.9 Å². The Bertz CT molecular complexity index is 1230. The molecule has 130 valence electrons. The van der Waals surface area contributed by atoms with Gasteiger partial charge in [-0.25, -0.2) is 0 Å².